The van der Waals surface area contributed by atoms with Gasteiger partial charge in [0.05, 0.1) is 0 Å². The normalized spacial score (nSPS) is 12.7. The number of fused-ring (bicyclic) bond motifs is 2. The summed E-state index contributed by atoms with van der Waals surface area (Å²) in [6.45, 7) is 1.15. The molecular formula is C21H25IN6OS. The second kappa shape index (κ2) is 10.7. The topological polar surface area (TPSA) is 86.8 Å². The number of aliphatic imine (C=N–C) groups is 1. The van der Waals surface area contributed by atoms with Crippen molar-refractivity contribution in [2.75, 3.05) is 20.1 Å². The van der Waals surface area contributed by atoms with Crippen LogP contribution in [0, 0.1) is 0 Å². The van der Waals surface area contributed by atoms with Crippen LogP contribution >= 0.6 is 35.3 Å². The number of pyridine rings is 1. The van der Waals surface area contributed by atoms with E-state index in [2.05, 4.69) is 38.0 Å². The van der Waals surface area contributed by atoms with E-state index in [1.807, 2.05) is 47.0 Å². The van der Waals surface area contributed by atoms with Crippen LogP contribution in [-0.2, 0) is 6.42 Å². The molecule has 0 saturated heterocycles. The third kappa shape index (κ3) is 5.27. The Morgan fingerprint density at radius 3 is 2.83 bits per heavy atom. The molecule has 3 aromatic heterocycles. The molecule has 0 saturated carbocycles. The number of benzene rings is 1. The Kier molecular flexibility index (Phi) is 8.00. The predicted octanol–water partition coefficient (Wildman–Crippen LogP) is 3.39. The van der Waals surface area contributed by atoms with Gasteiger partial charge in [-0.3, -0.25) is 9.39 Å². The maximum atomic E-state index is 10.5. The number of thiophene rings is 1. The number of aromatic nitrogens is 3. The van der Waals surface area contributed by atoms with Crippen molar-refractivity contribution in [2.45, 2.75) is 18.9 Å². The van der Waals surface area contributed by atoms with Gasteiger partial charge in [-0.1, -0.05) is 24.3 Å². The minimum Gasteiger partial charge on any atom is -0.386 e. The number of aliphatic hydroxyl groups is 1. The van der Waals surface area contributed by atoms with Crippen molar-refractivity contribution in [3.63, 3.8) is 0 Å². The molecule has 0 fully saturated rings. The SMILES string of the molecule is CN=C(NCCCc1nnc2ccccn12)NCC(O)c1cc2ccccc2s1.I. The molecule has 9 heteroatoms. The molecule has 0 spiro atoms. The summed E-state index contributed by atoms with van der Waals surface area (Å²) in [5.74, 6) is 1.63. The average molecular weight is 536 g/mol. The van der Waals surface area contributed by atoms with Gasteiger partial charge >= 0.3 is 0 Å². The van der Waals surface area contributed by atoms with Gasteiger partial charge in [-0.25, -0.2) is 0 Å². The van der Waals surface area contributed by atoms with Crippen LogP contribution in [0.25, 0.3) is 15.7 Å². The van der Waals surface area contributed by atoms with Crippen molar-refractivity contribution in [3.8, 4) is 0 Å². The maximum absolute atomic E-state index is 10.5. The van der Waals surface area contributed by atoms with E-state index < -0.39 is 6.10 Å². The molecule has 7 nitrogen and oxygen atoms in total. The molecule has 3 heterocycles. The monoisotopic (exact) mass is 536 g/mol. The molecule has 1 unspecified atom stereocenters. The number of aliphatic hydroxyl groups excluding tert-OH is 1. The van der Waals surface area contributed by atoms with Gasteiger partial charge in [0.2, 0.25) is 0 Å². The number of guanidine groups is 1. The number of nitrogens with zero attached hydrogens (tertiary/aromatic N) is 4. The summed E-state index contributed by atoms with van der Waals surface area (Å²) in [6.07, 6.45) is 3.12. The van der Waals surface area contributed by atoms with Gasteiger partial charge in [-0.15, -0.1) is 45.5 Å². The fourth-order valence-electron chi connectivity index (χ4n) is 3.20. The molecule has 4 rings (SSSR count). The fraction of sp³-hybridized carbons (Fsp3) is 0.286. The lowest BCUT2D eigenvalue weighted by Crippen LogP contribution is -2.39. The minimum absolute atomic E-state index is 0. The Hall–Kier alpha value is -2.24. The molecule has 0 bridgehead atoms. The first-order valence-corrected chi connectivity index (χ1v) is 10.5. The molecule has 0 aliphatic rings. The molecule has 0 radical (unpaired) electrons. The summed E-state index contributed by atoms with van der Waals surface area (Å²) in [7, 11) is 1.73. The van der Waals surface area contributed by atoms with Gasteiger partial charge in [-0.05, 0) is 36.1 Å². The number of nitrogens with one attached hydrogen (secondary N) is 2. The number of hydrogen-bond donors (Lipinski definition) is 3. The summed E-state index contributed by atoms with van der Waals surface area (Å²) in [6, 6.07) is 16.1. The van der Waals surface area contributed by atoms with Crippen molar-refractivity contribution >= 4 is 57.0 Å². The molecule has 0 aliphatic heterocycles. The second-order valence-corrected chi connectivity index (χ2v) is 7.85. The van der Waals surface area contributed by atoms with Gasteiger partial charge < -0.3 is 15.7 Å². The van der Waals surface area contributed by atoms with Crippen molar-refractivity contribution in [3.05, 3.63) is 65.4 Å². The van der Waals surface area contributed by atoms with Crippen molar-refractivity contribution < 1.29 is 5.11 Å². The first kappa shape index (κ1) is 22.4. The first-order chi connectivity index (χ1) is 14.2. The number of aryl methyl sites for hydroxylation is 1. The van der Waals surface area contributed by atoms with Crippen LogP contribution in [0.1, 0.15) is 23.2 Å². The third-order valence-electron chi connectivity index (χ3n) is 4.71. The summed E-state index contributed by atoms with van der Waals surface area (Å²) in [4.78, 5) is 5.19. The molecular weight excluding hydrogens is 511 g/mol. The zero-order valence-electron chi connectivity index (χ0n) is 16.7. The molecule has 0 aliphatic carbocycles. The third-order valence-corrected chi connectivity index (χ3v) is 5.93. The Morgan fingerprint density at radius 1 is 1.17 bits per heavy atom. The predicted molar refractivity (Wildman–Crippen MR) is 133 cm³/mol. The van der Waals surface area contributed by atoms with Crippen LogP contribution in [0.2, 0.25) is 0 Å². The fourth-order valence-corrected chi connectivity index (χ4v) is 4.25. The summed E-state index contributed by atoms with van der Waals surface area (Å²) >= 11 is 1.62. The highest BCUT2D eigenvalue weighted by Gasteiger charge is 2.12. The van der Waals surface area contributed by atoms with Gasteiger partial charge in [0.1, 0.15) is 11.9 Å². The average Bonchev–Trinajstić information content (AvgIpc) is 3.37. The van der Waals surface area contributed by atoms with E-state index in [1.54, 1.807) is 18.4 Å². The number of halogens is 1. The van der Waals surface area contributed by atoms with E-state index in [-0.39, 0.29) is 24.0 Å². The van der Waals surface area contributed by atoms with Crippen LogP contribution < -0.4 is 10.6 Å². The molecule has 4 aromatic rings. The summed E-state index contributed by atoms with van der Waals surface area (Å²) in [5, 5.41) is 26.6. The number of hydrogen-bond acceptors (Lipinski definition) is 5. The van der Waals surface area contributed by atoms with E-state index in [4.69, 9.17) is 0 Å². The summed E-state index contributed by atoms with van der Waals surface area (Å²) < 4.78 is 3.19. The van der Waals surface area contributed by atoms with Crippen LogP contribution in [0.4, 0.5) is 0 Å². The lowest BCUT2D eigenvalue weighted by atomic mass is 10.2. The molecule has 30 heavy (non-hydrogen) atoms. The Labute approximate surface area is 196 Å². The highest BCUT2D eigenvalue weighted by atomic mass is 127. The highest BCUT2D eigenvalue weighted by molar-refractivity contribution is 14.0. The molecule has 1 atom stereocenters. The second-order valence-electron chi connectivity index (χ2n) is 6.73. The Morgan fingerprint density at radius 2 is 2.00 bits per heavy atom. The van der Waals surface area contributed by atoms with E-state index in [9.17, 15) is 5.11 Å². The Balaban J connectivity index is 0.00000256. The molecule has 1 aromatic carbocycles. The van der Waals surface area contributed by atoms with Crippen LogP contribution in [0.5, 0.6) is 0 Å². The van der Waals surface area contributed by atoms with E-state index in [0.717, 1.165) is 41.1 Å². The van der Waals surface area contributed by atoms with Crippen LogP contribution in [-0.4, -0.2) is 45.8 Å². The first-order valence-electron chi connectivity index (χ1n) is 9.64. The molecule has 0 amide bonds. The van der Waals surface area contributed by atoms with Crippen molar-refractivity contribution in [2.24, 2.45) is 4.99 Å². The minimum atomic E-state index is -0.576. The smallest absolute Gasteiger partial charge is 0.191 e. The van der Waals surface area contributed by atoms with E-state index in [0.29, 0.717) is 12.5 Å². The van der Waals surface area contributed by atoms with E-state index >= 15 is 0 Å². The van der Waals surface area contributed by atoms with Crippen molar-refractivity contribution in [1.82, 2.24) is 25.2 Å². The molecule has 3 N–H and O–H groups in total. The quantitative estimate of drug-likeness (QED) is 0.146. The van der Waals surface area contributed by atoms with Gasteiger partial charge in [-0.2, -0.15) is 0 Å². The molecule has 158 valence electrons. The zero-order chi connectivity index (χ0) is 20.1. The van der Waals surface area contributed by atoms with Gasteiger partial charge in [0.15, 0.2) is 11.6 Å². The standard InChI is InChI=1S/C21H24N6OS.HI/c1-22-21(23-11-6-10-20-26-25-19-9-4-5-12-27(19)20)24-14-16(28)18-13-15-7-2-3-8-17(15)29-18;/h2-5,7-9,12-13,16,28H,6,10-11,14H2,1H3,(H2,22,23,24);1H. The summed E-state index contributed by atoms with van der Waals surface area (Å²) in [5.41, 5.74) is 0.864. The van der Waals surface area contributed by atoms with Crippen LogP contribution in [0.3, 0.4) is 0 Å². The van der Waals surface area contributed by atoms with Crippen molar-refractivity contribution in [1.29, 1.82) is 0 Å². The Bertz CT molecular complexity index is 1090. The lowest BCUT2D eigenvalue weighted by Gasteiger charge is -2.14. The maximum Gasteiger partial charge on any atom is 0.191 e. The largest absolute Gasteiger partial charge is 0.386 e. The number of rotatable bonds is 7. The lowest BCUT2D eigenvalue weighted by molar-refractivity contribution is 0.184. The zero-order valence-corrected chi connectivity index (χ0v) is 19.8. The van der Waals surface area contributed by atoms with Crippen LogP contribution in [0.15, 0.2) is 59.7 Å². The van der Waals surface area contributed by atoms with E-state index in [1.165, 1.54) is 4.70 Å². The van der Waals surface area contributed by atoms with Gasteiger partial charge in [0.25, 0.3) is 0 Å². The highest BCUT2D eigenvalue weighted by Crippen LogP contribution is 2.29. The van der Waals surface area contributed by atoms with Gasteiger partial charge in [0, 0.05) is 42.3 Å².